The van der Waals surface area contributed by atoms with Crippen LogP contribution < -0.4 is 0 Å². The van der Waals surface area contributed by atoms with E-state index in [1.807, 2.05) is 6.08 Å². The quantitative estimate of drug-likeness (QED) is 0.346. The van der Waals surface area contributed by atoms with Crippen LogP contribution >= 0.6 is 43.5 Å². The predicted octanol–water partition coefficient (Wildman–Crippen LogP) is 4.82. The van der Waals surface area contributed by atoms with Gasteiger partial charge in [0.05, 0.1) is 17.6 Å². The Morgan fingerprint density at radius 2 is 2.32 bits per heavy atom. The van der Waals surface area contributed by atoms with Gasteiger partial charge in [-0.15, -0.1) is 18.0 Å². The number of alkyl halides is 3. The molecule has 0 aromatic carbocycles. The predicted molar refractivity (Wildman–Crippen MR) is 90.4 cm³/mol. The number of rotatable bonds is 6. The SMILES string of the molecule is C#C/C=C\CC(Cl)[C@@H]1C[C@@H](Br)[C@@H](/C=C\C(Br)CC)O1. The maximum absolute atomic E-state index is 6.34. The Morgan fingerprint density at radius 3 is 2.95 bits per heavy atom. The van der Waals surface area contributed by atoms with Gasteiger partial charge in [0, 0.05) is 9.65 Å². The van der Waals surface area contributed by atoms with Crippen molar-refractivity contribution in [1.29, 1.82) is 0 Å². The van der Waals surface area contributed by atoms with Crippen molar-refractivity contribution >= 4 is 43.5 Å². The van der Waals surface area contributed by atoms with E-state index < -0.39 is 0 Å². The van der Waals surface area contributed by atoms with Gasteiger partial charge < -0.3 is 4.74 Å². The van der Waals surface area contributed by atoms with Gasteiger partial charge in [0.25, 0.3) is 0 Å². The summed E-state index contributed by atoms with van der Waals surface area (Å²) in [7, 11) is 0. The molecule has 1 heterocycles. The number of halogens is 3. The van der Waals surface area contributed by atoms with Gasteiger partial charge in [-0.05, 0) is 25.3 Å². The summed E-state index contributed by atoms with van der Waals surface area (Å²) >= 11 is 13.6. The average molecular weight is 411 g/mol. The molecule has 19 heavy (non-hydrogen) atoms. The van der Waals surface area contributed by atoms with Crippen LogP contribution in [0.5, 0.6) is 0 Å². The first-order valence-corrected chi connectivity index (χ1v) is 8.72. The van der Waals surface area contributed by atoms with Gasteiger partial charge in [-0.2, -0.15) is 0 Å². The third-order valence-electron chi connectivity index (χ3n) is 3.02. The molecular formula is C15H19Br2ClO. The first-order chi connectivity index (χ1) is 9.08. The molecule has 1 fully saturated rings. The van der Waals surface area contributed by atoms with Crippen LogP contribution in [-0.4, -0.2) is 27.2 Å². The van der Waals surface area contributed by atoms with Crippen LogP contribution in [0.25, 0.3) is 0 Å². The second-order valence-electron chi connectivity index (χ2n) is 4.52. The van der Waals surface area contributed by atoms with E-state index in [1.165, 1.54) is 0 Å². The summed E-state index contributed by atoms with van der Waals surface area (Å²) in [6.07, 6.45) is 15.9. The molecule has 4 heteroatoms. The number of ether oxygens (including phenoxy) is 1. The first kappa shape index (κ1) is 17.3. The fraction of sp³-hybridized carbons (Fsp3) is 0.600. The van der Waals surface area contributed by atoms with E-state index in [4.69, 9.17) is 22.8 Å². The summed E-state index contributed by atoms with van der Waals surface area (Å²) in [5.41, 5.74) is 0. The van der Waals surface area contributed by atoms with E-state index in [-0.39, 0.29) is 17.6 Å². The molecule has 1 nitrogen and oxygen atoms in total. The maximum atomic E-state index is 6.34. The second-order valence-corrected chi connectivity index (χ2v) is 7.43. The molecule has 1 saturated heterocycles. The normalized spacial score (nSPS) is 30.8. The number of hydrogen-bond donors (Lipinski definition) is 0. The van der Waals surface area contributed by atoms with Crippen LogP contribution in [0.2, 0.25) is 0 Å². The molecule has 0 aliphatic carbocycles. The van der Waals surface area contributed by atoms with Crippen molar-refractivity contribution in [3.8, 4) is 12.3 Å². The van der Waals surface area contributed by atoms with Crippen LogP contribution in [0.1, 0.15) is 26.2 Å². The minimum Gasteiger partial charge on any atom is -0.368 e. The van der Waals surface area contributed by atoms with E-state index in [1.54, 1.807) is 6.08 Å². The third kappa shape index (κ3) is 6.04. The largest absolute Gasteiger partial charge is 0.368 e. The lowest BCUT2D eigenvalue weighted by Gasteiger charge is -2.16. The lowest BCUT2D eigenvalue weighted by molar-refractivity contribution is 0.0697. The molecule has 2 unspecified atom stereocenters. The van der Waals surface area contributed by atoms with Crippen molar-refractivity contribution in [2.75, 3.05) is 0 Å². The van der Waals surface area contributed by atoms with Crippen LogP contribution in [0.15, 0.2) is 24.3 Å². The molecule has 0 aromatic heterocycles. The van der Waals surface area contributed by atoms with Gasteiger partial charge in [0.15, 0.2) is 0 Å². The zero-order valence-electron chi connectivity index (χ0n) is 10.9. The van der Waals surface area contributed by atoms with Gasteiger partial charge in [0.1, 0.15) is 0 Å². The zero-order valence-corrected chi connectivity index (χ0v) is 14.9. The molecule has 1 aliphatic heterocycles. The van der Waals surface area contributed by atoms with Crippen molar-refractivity contribution in [3.05, 3.63) is 24.3 Å². The minimum atomic E-state index is -0.0333. The second kappa shape index (κ2) is 9.23. The summed E-state index contributed by atoms with van der Waals surface area (Å²) < 4.78 is 5.99. The van der Waals surface area contributed by atoms with Crippen LogP contribution in [0.4, 0.5) is 0 Å². The van der Waals surface area contributed by atoms with Crippen molar-refractivity contribution in [1.82, 2.24) is 0 Å². The number of terminal acetylenes is 1. The topological polar surface area (TPSA) is 9.23 Å². The van der Waals surface area contributed by atoms with Crippen LogP contribution in [0.3, 0.4) is 0 Å². The van der Waals surface area contributed by atoms with Gasteiger partial charge in [-0.1, -0.05) is 62.9 Å². The Hall–Kier alpha value is 0.250. The summed E-state index contributed by atoms with van der Waals surface area (Å²) in [6, 6.07) is 0. The molecule has 1 rings (SSSR count). The first-order valence-electron chi connectivity index (χ1n) is 6.45. The molecule has 0 spiro atoms. The van der Waals surface area contributed by atoms with Crippen LogP contribution in [-0.2, 0) is 4.74 Å². The van der Waals surface area contributed by atoms with Gasteiger partial charge in [-0.25, -0.2) is 0 Å². The average Bonchev–Trinajstić information content (AvgIpc) is 2.77. The van der Waals surface area contributed by atoms with Gasteiger partial charge >= 0.3 is 0 Å². The van der Waals surface area contributed by atoms with E-state index in [0.717, 1.165) is 19.3 Å². The molecule has 0 radical (unpaired) electrons. The Balaban J connectivity index is 2.48. The van der Waals surface area contributed by atoms with Gasteiger partial charge in [-0.3, -0.25) is 0 Å². The van der Waals surface area contributed by atoms with E-state index in [9.17, 15) is 0 Å². The molecule has 0 saturated carbocycles. The van der Waals surface area contributed by atoms with Crippen molar-refractivity contribution in [2.24, 2.45) is 0 Å². The molecular weight excluding hydrogens is 391 g/mol. The smallest absolute Gasteiger partial charge is 0.0886 e. The third-order valence-corrected chi connectivity index (χ3v) is 5.33. The Morgan fingerprint density at radius 1 is 1.58 bits per heavy atom. The lowest BCUT2D eigenvalue weighted by Crippen LogP contribution is -2.20. The molecule has 1 aliphatic rings. The Kier molecular flexibility index (Phi) is 8.41. The van der Waals surface area contributed by atoms with E-state index in [0.29, 0.717) is 9.65 Å². The van der Waals surface area contributed by atoms with Crippen molar-refractivity contribution in [3.63, 3.8) is 0 Å². The fourth-order valence-electron chi connectivity index (χ4n) is 1.88. The minimum absolute atomic E-state index is 0.0333. The van der Waals surface area contributed by atoms with Crippen LogP contribution in [0, 0.1) is 12.3 Å². The molecule has 0 aromatic rings. The highest BCUT2D eigenvalue weighted by atomic mass is 79.9. The zero-order chi connectivity index (χ0) is 14.3. The highest BCUT2D eigenvalue weighted by Gasteiger charge is 2.35. The molecule has 0 bridgehead atoms. The van der Waals surface area contributed by atoms with E-state index >= 15 is 0 Å². The van der Waals surface area contributed by atoms with Crippen molar-refractivity contribution < 1.29 is 4.74 Å². The molecule has 5 atom stereocenters. The summed E-state index contributed by atoms with van der Waals surface area (Å²) in [4.78, 5) is 0.725. The summed E-state index contributed by atoms with van der Waals surface area (Å²) in [5, 5.41) is -0.0333. The maximum Gasteiger partial charge on any atom is 0.0886 e. The molecule has 106 valence electrons. The summed E-state index contributed by atoms with van der Waals surface area (Å²) in [6.45, 7) is 2.14. The highest BCUT2D eigenvalue weighted by molar-refractivity contribution is 9.09. The monoisotopic (exact) mass is 408 g/mol. The fourth-order valence-corrected chi connectivity index (χ4v) is 2.99. The number of allylic oxidation sites excluding steroid dienone is 3. The van der Waals surface area contributed by atoms with E-state index in [2.05, 4.69) is 56.9 Å². The van der Waals surface area contributed by atoms with Gasteiger partial charge in [0.2, 0.25) is 0 Å². The Labute approximate surface area is 138 Å². The standard InChI is InChI=1S/C15H19Br2ClO/c1-3-5-6-7-13(18)15-10-12(17)14(19-15)9-8-11(16)4-2/h1,5-6,8-9,11-15H,4,7,10H2,2H3/b6-5-,9-8-/t11?,12-,13?,14-,15+/m1/s1. The number of hydrogen-bond acceptors (Lipinski definition) is 1. The highest BCUT2D eigenvalue weighted by Crippen LogP contribution is 2.32. The Bertz CT molecular complexity index is 362. The van der Waals surface area contributed by atoms with Crippen molar-refractivity contribution in [2.45, 2.75) is 53.4 Å². The molecule has 0 N–H and O–H groups in total. The molecule has 0 amide bonds. The summed E-state index contributed by atoms with van der Waals surface area (Å²) in [5.74, 6) is 2.46. The lowest BCUT2D eigenvalue weighted by atomic mass is 10.1.